The third-order valence-corrected chi connectivity index (χ3v) is 6.86. The number of primary amides is 1. The van der Waals surface area contributed by atoms with Crippen molar-refractivity contribution in [3.05, 3.63) is 58.4 Å². The molecular formula is C28H32N2O11. The van der Waals surface area contributed by atoms with E-state index in [9.17, 15) is 39.9 Å². The maximum atomic E-state index is 13.4. The van der Waals surface area contributed by atoms with E-state index in [1.54, 1.807) is 0 Å². The summed E-state index contributed by atoms with van der Waals surface area (Å²) in [6.45, 7) is 4.12. The van der Waals surface area contributed by atoms with E-state index in [1.165, 1.54) is 42.5 Å². The van der Waals surface area contributed by atoms with Crippen molar-refractivity contribution < 1.29 is 49.0 Å². The summed E-state index contributed by atoms with van der Waals surface area (Å²) in [5.41, 5.74) is 2.66. The minimum Gasteiger partial charge on any atom is -0.508 e. The average Bonchev–Trinajstić information content (AvgIpc) is 2.91. The molecule has 1 aromatic heterocycles. The molecule has 1 saturated heterocycles. The monoisotopic (exact) mass is 572 g/mol. The minimum absolute atomic E-state index is 0.0412. The number of carboxylic acid groups (broad SMARTS) is 1. The van der Waals surface area contributed by atoms with Crippen LogP contribution in [0.1, 0.15) is 30.8 Å². The molecule has 2 aromatic carbocycles. The molecule has 1 aliphatic heterocycles. The van der Waals surface area contributed by atoms with Crippen LogP contribution in [-0.2, 0) is 9.53 Å². The van der Waals surface area contributed by atoms with Gasteiger partial charge in [-0.15, -0.1) is 0 Å². The van der Waals surface area contributed by atoms with E-state index in [-0.39, 0.29) is 40.1 Å². The van der Waals surface area contributed by atoms with Crippen LogP contribution in [0.25, 0.3) is 22.1 Å². The summed E-state index contributed by atoms with van der Waals surface area (Å²) >= 11 is 0. The number of carbonyl (C=O) groups is 2. The average molecular weight is 573 g/mol. The molecule has 0 radical (unpaired) electrons. The predicted octanol–water partition coefficient (Wildman–Crippen LogP) is 0.541. The van der Waals surface area contributed by atoms with Crippen LogP contribution in [0.2, 0.25) is 0 Å². The Morgan fingerprint density at radius 2 is 1.83 bits per heavy atom. The fourth-order valence-corrected chi connectivity index (χ4v) is 4.57. The van der Waals surface area contributed by atoms with Crippen LogP contribution in [0.5, 0.6) is 11.5 Å². The summed E-state index contributed by atoms with van der Waals surface area (Å²) in [7, 11) is 0. The standard InChI is InChI=1S/C28H32N2O11/c1-13(2)9-10-30-12-28(38)24(34)21(33)23(26(36)37)41-27(28)39-16-7-8-17-18(11-16)40-22(25(29)35)19(20(17)32)14-3-5-15(31)6-4-14/h3-8,11,13,21,23-24,27,30-31,33-34,38H,9-10,12H2,1-2H3,(H2,29,35)(H,36,37)/t21-,23+,24+,27-,28-/m1/s1. The van der Waals surface area contributed by atoms with Crippen molar-refractivity contribution in [1.29, 1.82) is 0 Å². The second kappa shape index (κ2) is 11.8. The molecule has 0 bridgehead atoms. The largest absolute Gasteiger partial charge is 0.508 e. The highest BCUT2D eigenvalue weighted by Gasteiger charge is 2.58. The Bertz CT molecular complexity index is 1490. The van der Waals surface area contributed by atoms with E-state index in [0.29, 0.717) is 12.5 Å². The second-order valence-electron chi connectivity index (χ2n) is 10.3. The topological polar surface area (TPSA) is 222 Å². The summed E-state index contributed by atoms with van der Waals surface area (Å²) in [5.74, 6) is -2.86. The number of phenolic OH excluding ortho intramolecular Hbond substituents is 1. The molecule has 1 aliphatic rings. The first-order chi connectivity index (χ1) is 19.3. The number of rotatable bonds is 10. The molecule has 0 saturated carbocycles. The number of fused-ring (bicyclic) bond motifs is 1. The van der Waals surface area contributed by atoms with E-state index in [2.05, 4.69) is 5.32 Å². The van der Waals surface area contributed by atoms with Crippen LogP contribution in [0.4, 0.5) is 0 Å². The maximum absolute atomic E-state index is 13.4. The Morgan fingerprint density at radius 3 is 2.44 bits per heavy atom. The Hall–Kier alpha value is -4.01. The SMILES string of the molecule is CC(C)CCNC[C@]1(O)[C@H](Oc2ccc3c(=O)c(-c4ccc(O)cc4)c(C(N)=O)oc3c2)O[C@H](C(=O)O)[C@@H](O)[C@@H]1O. The Morgan fingerprint density at radius 1 is 1.15 bits per heavy atom. The van der Waals surface area contributed by atoms with Gasteiger partial charge < -0.3 is 50.5 Å². The van der Waals surface area contributed by atoms with Gasteiger partial charge in [0.1, 0.15) is 29.3 Å². The van der Waals surface area contributed by atoms with Crippen LogP contribution >= 0.6 is 0 Å². The summed E-state index contributed by atoms with van der Waals surface area (Å²) in [4.78, 5) is 37.3. The number of nitrogens with one attached hydrogen (secondary N) is 1. The van der Waals surface area contributed by atoms with E-state index in [0.717, 1.165) is 6.42 Å². The predicted molar refractivity (Wildman–Crippen MR) is 144 cm³/mol. The lowest BCUT2D eigenvalue weighted by atomic mass is 9.86. The van der Waals surface area contributed by atoms with Crippen molar-refractivity contribution in [3.63, 3.8) is 0 Å². The molecule has 4 rings (SSSR count). The van der Waals surface area contributed by atoms with Crippen LogP contribution < -0.4 is 21.2 Å². The summed E-state index contributed by atoms with van der Waals surface area (Å²) in [6.07, 6.45) is -6.91. The normalized spacial score (nSPS) is 24.4. The lowest BCUT2D eigenvalue weighted by Gasteiger charge is -2.46. The smallest absolute Gasteiger partial charge is 0.335 e. The number of phenols is 1. The molecule has 3 aromatic rings. The van der Waals surface area contributed by atoms with Crippen LogP contribution in [-0.4, -0.2) is 80.7 Å². The molecule has 220 valence electrons. The van der Waals surface area contributed by atoms with E-state index in [4.69, 9.17) is 19.6 Å². The number of aliphatic hydroxyl groups is 3. The molecular weight excluding hydrogens is 540 g/mol. The Kier molecular flexibility index (Phi) is 8.66. The number of ether oxygens (including phenoxy) is 2. The number of hydrogen-bond donors (Lipinski definition) is 7. The number of aliphatic hydroxyl groups excluding tert-OH is 2. The van der Waals surface area contributed by atoms with Gasteiger partial charge in [-0.1, -0.05) is 26.0 Å². The third kappa shape index (κ3) is 6.04. The number of benzene rings is 2. The fraction of sp³-hybridized carbons (Fsp3) is 0.393. The molecule has 8 N–H and O–H groups in total. The molecule has 0 spiro atoms. The van der Waals surface area contributed by atoms with Crippen LogP contribution in [0, 0.1) is 5.92 Å². The first kappa shape index (κ1) is 30.0. The van der Waals surface area contributed by atoms with Gasteiger partial charge in [0.05, 0.1) is 10.9 Å². The van der Waals surface area contributed by atoms with Gasteiger partial charge in [-0.25, -0.2) is 4.79 Å². The molecule has 1 fully saturated rings. The quantitative estimate of drug-likeness (QED) is 0.165. The lowest BCUT2D eigenvalue weighted by molar-refractivity contribution is -0.311. The van der Waals surface area contributed by atoms with Crippen LogP contribution in [0.15, 0.2) is 51.7 Å². The first-order valence-electron chi connectivity index (χ1n) is 12.9. The van der Waals surface area contributed by atoms with Crippen molar-refractivity contribution in [2.75, 3.05) is 13.1 Å². The number of hydrogen-bond acceptors (Lipinski definition) is 11. The number of amides is 1. The molecule has 0 aliphatic carbocycles. The number of nitrogens with two attached hydrogens (primary N) is 1. The molecule has 5 atom stereocenters. The zero-order valence-corrected chi connectivity index (χ0v) is 22.3. The Balaban J connectivity index is 1.72. The van der Waals surface area contributed by atoms with Gasteiger partial charge in [-0.05, 0) is 48.7 Å². The fourth-order valence-electron chi connectivity index (χ4n) is 4.57. The number of carboxylic acids is 1. The van der Waals surface area contributed by atoms with Gasteiger partial charge in [-0.3, -0.25) is 9.59 Å². The summed E-state index contributed by atoms with van der Waals surface area (Å²) in [6, 6.07) is 9.38. The van der Waals surface area contributed by atoms with Gasteiger partial charge in [0.2, 0.25) is 17.5 Å². The van der Waals surface area contributed by atoms with Gasteiger partial charge in [0, 0.05) is 12.6 Å². The van der Waals surface area contributed by atoms with Gasteiger partial charge in [0.15, 0.2) is 11.7 Å². The van der Waals surface area contributed by atoms with E-state index in [1.807, 2.05) is 13.8 Å². The van der Waals surface area contributed by atoms with E-state index < -0.39 is 53.3 Å². The molecule has 2 heterocycles. The molecule has 0 unspecified atom stereocenters. The van der Waals surface area contributed by atoms with Crippen molar-refractivity contribution in [1.82, 2.24) is 5.32 Å². The first-order valence-corrected chi connectivity index (χ1v) is 12.9. The zero-order chi connectivity index (χ0) is 30.1. The number of aromatic hydroxyl groups is 1. The van der Waals surface area contributed by atoms with Crippen molar-refractivity contribution >= 4 is 22.8 Å². The highest BCUT2D eigenvalue weighted by atomic mass is 16.7. The van der Waals surface area contributed by atoms with Gasteiger partial charge in [0.25, 0.3) is 5.91 Å². The lowest BCUT2D eigenvalue weighted by Crippen LogP contribution is -2.71. The molecule has 13 nitrogen and oxygen atoms in total. The highest BCUT2D eigenvalue weighted by molar-refractivity contribution is 5.99. The van der Waals surface area contributed by atoms with Crippen molar-refractivity contribution in [3.8, 4) is 22.6 Å². The molecule has 13 heteroatoms. The zero-order valence-electron chi connectivity index (χ0n) is 22.3. The third-order valence-electron chi connectivity index (χ3n) is 6.86. The number of aliphatic carboxylic acids is 1. The second-order valence-corrected chi connectivity index (χ2v) is 10.3. The molecule has 41 heavy (non-hydrogen) atoms. The van der Waals surface area contributed by atoms with Crippen molar-refractivity contribution in [2.24, 2.45) is 11.7 Å². The minimum atomic E-state index is -2.29. The van der Waals surface area contributed by atoms with Crippen molar-refractivity contribution in [2.45, 2.75) is 50.5 Å². The van der Waals surface area contributed by atoms with Gasteiger partial charge in [-0.2, -0.15) is 0 Å². The van der Waals surface area contributed by atoms with E-state index >= 15 is 0 Å². The van der Waals surface area contributed by atoms with Gasteiger partial charge >= 0.3 is 5.97 Å². The Labute approximate surface area is 233 Å². The summed E-state index contributed by atoms with van der Waals surface area (Å²) < 4.78 is 16.9. The number of carbonyl (C=O) groups excluding carboxylic acids is 1. The molecule has 1 amide bonds. The highest BCUT2D eigenvalue weighted by Crippen LogP contribution is 2.34. The summed E-state index contributed by atoms with van der Waals surface area (Å²) in [5, 5.41) is 54.6. The maximum Gasteiger partial charge on any atom is 0.335 e. The van der Waals surface area contributed by atoms with Crippen LogP contribution in [0.3, 0.4) is 0 Å².